The molecule has 0 spiro atoms. The van der Waals surface area contributed by atoms with Crippen LogP contribution in [-0.4, -0.2) is 35.0 Å². The standard InChI is InChI=1S/C21H19FN2O/c1-23(14-7-8-14)11-10-16-18-12-13(22)6-9-19(18)24-20(16)15-4-2-3-5-17(15)21(24)25/h2-6,9,12,14H,7-8,10-11H2,1H3. The summed E-state index contributed by atoms with van der Waals surface area (Å²) in [5.41, 5.74) is 4.54. The monoisotopic (exact) mass is 334 g/mol. The number of fused-ring (bicyclic) bond motifs is 5. The Morgan fingerprint density at radius 2 is 1.92 bits per heavy atom. The van der Waals surface area contributed by atoms with Gasteiger partial charge in [0, 0.05) is 29.1 Å². The number of carbonyl (C=O) groups excluding carboxylic acids is 1. The van der Waals surface area contributed by atoms with Gasteiger partial charge in [0.2, 0.25) is 0 Å². The predicted molar refractivity (Wildman–Crippen MR) is 96.4 cm³/mol. The first kappa shape index (κ1) is 14.8. The van der Waals surface area contributed by atoms with Crippen molar-refractivity contribution in [3.8, 4) is 11.3 Å². The molecule has 126 valence electrons. The van der Waals surface area contributed by atoms with Gasteiger partial charge in [-0.3, -0.25) is 9.36 Å². The van der Waals surface area contributed by atoms with E-state index < -0.39 is 0 Å². The summed E-state index contributed by atoms with van der Waals surface area (Å²) >= 11 is 0. The van der Waals surface area contributed by atoms with Crippen molar-refractivity contribution in [3.63, 3.8) is 0 Å². The van der Waals surface area contributed by atoms with Crippen molar-refractivity contribution in [1.82, 2.24) is 9.47 Å². The third-order valence-electron chi connectivity index (χ3n) is 5.53. The van der Waals surface area contributed by atoms with Crippen molar-refractivity contribution in [2.24, 2.45) is 0 Å². The van der Waals surface area contributed by atoms with E-state index in [0.29, 0.717) is 6.04 Å². The second kappa shape index (κ2) is 5.27. The maximum absolute atomic E-state index is 13.9. The van der Waals surface area contributed by atoms with Crippen LogP contribution in [-0.2, 0) is 6.42 Å². The minimum absolute atomic E-state index is 0.0102. The summed E-state index contributed by atoms with van der Waals surface area (Å²) in [6.07, 6.45) is 3.35. The molecule has 0 saturated heterocycles. The highest BCUT2D eigenvalue weighted by atomic mass is 19.1. The van der Waals surface area contributed by atoms with Gasteiger partial charge in [-0.25, -0.2) is 4.39 Å². The average molecular weight is 334 g/mol. The van der Waals surface area contributed by atoms with Gasteiger partial charge in [0.05, 0.1) is 11.2 Å². The molecule has 2 aromatic carbocycles. The summed E-state index contributed by atoms with van der Waals surface area (Å²) in [5.74, 6) is -0.265. The number of rotatable bonds is 4. The average Bonchev–Trinajstić information content (AvgIpc) is 3.37. The van der Waals surface area contributed by atoms with Crippen LogP contribution in [0, 0.1) is 5.82 Å². The van der Waals surface area contributed by atoms with Gasteiger partial charge < -0.3 is 4.90 Å². The molecule has 3 nitrogen and oxygen atoms in total. The lowest BCUT2D eigenvalue weighted by Crippen LogP contribution is -2.23. The van der Waals surface area contributed by atoms with Crippen molar-refractivity contribution in [2.75, 3.05) is 13.6 Å². The minimum Gasteiger partial charge on any atom is -0.303 e. The van der Waals surface area contributed by atoms with Gasteiger partial charge in [-0.15, -0.1) is 0 Å². The highest BCUT2D eigenvalue weighted by molar-refractivity contribution is 6.15. The van der Waals surface area contributed by atoms with E-state index in [9.17, 15) is 9.18 Å². The van der Waals surface area contributed by atoms with Gasteiger partial charge in [0.25, 0.3) is 5.91 Å². The quantitative estimate of drug-likeness (QED) is 0.562. The lowest BCUT2D eigenvalue weighted by atomic mass is 10.00. The molecule has 0 radical (unpaired) electrons. The van der Waals surface area contributed by atoms with E-state index in [-0.39, 0.29) is 11.7 Å². The summed E-state index contributed by atoms with van der Waals surface area (Å²) in [6, 6.07) is 13.1. The van der Waals surface area contributed by atoms with Crippen molar-refractivity contribution in [2.45, 2.75) is 25.3 Å². The Bertz CT molecular complexity index is 1020. The van der Waals surface area contributed by atoms with E-state index in [2.05, 4.69) is 11.9 Å². The van der Waals surface area contributed by atoms with Crippen LogP contribution in [0.1, 0.15) is 28.8 Å². The first-order valence-electron chi connectivity index (χ1n) is 8.82. The number of carbonyl (C=O) groups is 1. The van der Waals surface area contributed by atoms with Crippen molar-refractivity contribution < 1.29 is 9.18 Å². The Hall–Kier alpha value is -2.46. The number of halogens is 1. The lowest BCUT2D eigenvalue weighted by molar-refractivity contribution is 0.0973. The SMILES string of the molecule is CN(CCc1c2n(c3ccc(F)cc13)C(=O)c1ccccc1-2)C1CC1. The zero-order chi connectivity index (χ0) is 17.1. The van der Waals surface area contributed by atoms with Gasteiger partial charge in [-0.2, -0.15) is 0 Å². The van der Waals surface area contributed by atoms with E-state index in [4.69, 9.17) is 0 Å². The fourth-order valence-corrected chi connectivity index (χ4v) is 4.06. The maximum atomic E-state index is 13.9. The molecule has 25 heavy (non-hydrogen) atoms. The maximum Gasteiger partial charge on any atom is 0.263 e. The van der Waals surface area contributed by atoms with Gasteiger partial charge in [-0.05, 0) is 56.1 Å². The summed E-state index contributed by atoms with van der Waals surface area (Å²) in [7, 11) is 2.15. The van der Waals surface area contributed by atoms with Crippen LogP contribution in [0.25, 0.3) is 22.2 Å². The highest BCUT2D eigenvalue weighted by Gasteiger charge is 2.32. The van der Waals surface area contributed by atoms with Crippen LogP contribution >= 0.6 is 0 Å². The molecule has 2 heterocycles. The largest absolute Gasteiger partial charge is 0.303 e. The van der Waals surface area contributed by atoms with Crippen LogP contribution in [0.4, 0.5) is 4.39 Å². The molecule has 0 N–H and O–H groups in total. The molecule has 0 atom stereocenters. The molecule has 0 bridgehead atoms. The molecule has 3 aromatic rings. The van der Waals surface area contributed by atoms with Gasteiger partial charge >= 0.3 is 0 Å². The minimum atomic E-state index is -0.255. The van der Waals surface area contributed by atoms with Crippen molar-refractivity contribution in [1.29, 1.82) is 0 Å². The molecule has 1 aliphatic heterocycles. The summed E-state index contributed by atoms with van der Waals surface area (Å²) in [5, 5.41) is 0.863. The number of aromatic nitrogens is 1. The molecule has 1 aromatic heterocycles. The number of hydrogen-bond donors (Lipinski definition) is 0. The zero-order valence-corrected chi connectivity index (χ0v) is 14.1. The summed E-state index contributed by atoms with van der Waals surface area (Å²) < 4.78 is 15.7. The Kier molecular flexibility index (Phi) is 3.13. The van der Waals surface area contributed by atoms with Crippen LogP contribution < -0.4 is 0 Å². The Balaban J connectivity index is 1.70. The number of nitrogens with zero attached hydrogens (tertiary/aromatic N) is 2. The molecule has 1 fully saturated rings. The normalized spacial score (nSPS) is 15.9. The molecule has 0 unspecified atom stereocenters. The third kappa shape index (κ3) is 2.17. The van der Waals surface area contributed by atoms with Crippen molar-refractivity contribution in [3.05, 3.63) is 59.4 Å². The number of benzene rings is 2. The number of hydrogen-bond acceptors (Lipinski definition) is 2. The smallest absolute Gasteiger partial charge is 0.263 e. The van der Waals surface area contributed by atoms with Gasteiger partial charge in [0.15, 0.2) is 0 Å². The van der Waals surface area contributed by atoms with Crippen molar-refractivity contribution >= 4 is 16.8 Å². The lowest BCUT2D eigenvalue weighted by Gasteiger charge is -2.15. The van der Waals surface area contributed by atoms with Crippen LogP contribution in [0.15, 0.2) is 42.5 Å². The molecule has 2 aliphatic rings. The van der Waals surface area contributed by atoms with Crippen LogP contribution in [0.2, 0.25) is 0 Å². The molecule has 1 aliphatic carbocycles. The van der Waals surface area contributed by atoms with E-state index in [1.807, 2.05) is 24.3 Å². The van der Waals surface area contributed by atoms with Gasteiger partial charge in [-0.1, -0.05) is 18.2 Å². The molecular formula is C21H19FN2O. The topological polar surface area (TPSA) is 25.2 Å². The van der Waals surface area contributed by atoms with Gasteiger partial charge in [0.1, 0.15) is 5.82 Å². The van der Waals surface area contributed by atoms with E-state index in [1.54, 1.807) is 16.7 Å². The Labute approximate surface area is 145 Å². The summed E-state index contributed by atoms with van der Waals surface area (Å²) in [6.45, 7) is 0.920. The fourth-order valence-electron chi connectivity index (χ4n) is 4.06. The van der Waals surface area contributed by atoms with E-state index >= 15 is 0 Å². The first-order valence-corrected chi connectivity index (χ1v) is 8.82. The molecule has 1 saturated carbocycles. The molecule has 0 amide bonds. The second-order valence-corrected chi connectivity index (χ2v) is 7.14. The van der Waals surface area contributed by atoms with Crippen LogP contribution in [0.5, 0.6) is 0 Å². The summed E-state index contributed by atoms with van der Waals surface area (Å²) in [4.78, 5) is 15.3. The molecule has 5 rings (SSSR count). The molecular weight excluding hydrogens is 315 g/mol. The second-order valence-electron chi connectivity index (χ2n) is 7.14. The number of likely N-dealkylation sites (N-methyl/N-ethyl adjacent to an activating group) is 1. The first-order chi connectivity index (χ1) is 12.1. The van der Waals surface area contributed by atoms with E-state index in [1.165, 1.54) is 18.9 Å². The third-order valence-corrected chi connectivity index (χ3v) is 5.53. The van der Waals surface area contributed by atoms with E-state index in [0.717, 1.165) is 46.3 Å². The van der Waals surface area contributed by atoms with Crippen LogP contribution in [0.3, 0.4) is 0 Å². The molecule has 4 heteroatoms. The highest BCUT2D eigenvalue weighted by Crippen LogP contribution is 2.41. The Morgan fingerprint density at radius 1 is 1.16 bits per heavy atom. The predicted octanol–water partition coefficient (Wildman–Crippen LogP) is 4.09. The fraction of sp³-hybridized carbons (Fsp3) is 0.286. The zero-order valence-electron chi connectivity index (χ0n) is 14.1. The Morgan fingerprint density at radius 3 is 2.68 bits per heavy atom.